The zero-order valence-corrected chi connectivity index (χ0v) is 13.5. The summed E-state index contributed by atoms with van der Waals surface area (Å²) in [4.78, 5) is 0. The zero-order chi connectivity index (χ0) is 13.6. The lowest BCUT2D eigenvalue weighted by atomic mass is 9.68. The van der Waals surface area contributed by atoms with Crippen LogP contribution in [0.4, 0.5) is 0 Å². The Kier molecular flexibility index (Phi) is 3.63. The van der Waals surface area contributed by atoms with Crippen molar-refractivity contribution in [1.29, 1.82) is 0 Å². The van der Waals surface area contributed by atoms with Gasteiger partial charge in [-0.2, -0.15) is 5.10 Å². The first-order valence-corrected chi connectivity index (χ1v) is 7.49. The Morgan fingerprint density at radius 1 is 1.28 bits per heavy atom. The standard InChI is InChI=1S/C14H24BrN3/c1-10-12(15)11(18(4)17-10)9-14(16)7-5-13(2,3)6-8-14/h5-9,16H2,1-4H3. The van der Waals surface area contributed by atoms with Gasteiger partial charge in [-0.25, -0.2) is 0 Å². The van der Waals surface area contributed by atoms with E-state index in [1.54, 1.807) is 0 Å². The number of hydrogen-bond donors (Lipinski definition) is 1. The van der Waals surface area contributed by atoms with Crippen LogP contribution < -0.4 is 5.73 Å². The maximum atomic E-state index is 6.60. The molecular formula is C14H24BrN3. The highest BCUT2D eigenvalue weighted by molar-refractivity contribution is 9.10. The second kappa shape index (κ2) is 4.64. The molecule has 3 nitrogen and oxygen atoms in total. The van der Waals surface area contributed by atoms with Gasteiger partial charge in [0.15, 0.2) is 0 Å². The van der Waals surface area contributed by atoms with Gasteiger partial charge in [0.05, 0.1) is 15.9 Å². The van der Waals surface area contributed by atoms with Gasteiger partial charge in [0.25, 0.3) is 0 Å². The number of aryl methyl sites for hydroxylation is 2. The van der Waals surface area contributed by atoms with Crippen LogP contribution >= 0.6 is 15.9 Å². The van der Waals surface area contributed by atoms with Crippen molar-refractivity contribution >= 4 is 15.9 Å². The largest absolute Gasteiger partial charge is 0.325 e. The lowest BCUT2D eigenvalue weighted by Gasteiger charge is -2.41. The molecule has 0 aliphatic heterocycles. The Bertz CT molecular complexity index is 438. The first kappa shape index (κ1) is 14.1. The summed E-state index contributed by atoms with van der Waals surface area (Å²) in [5.41, 5.74) is 9.28. The zero-order valence-electron chi connectivity index (χ0n) is 11.9. The van der Waals surface area contributed by atoms with E-state index in [4.69, 9.17) is 5.73 Å². The SMILES string of the molecule is Cc1nn(C)c(CC2(N)CCC(C)(C)CC2)c1Br. The Labute approximate surface area is 118 Å². The fourth-order valence-corrected chi connectivity index (χ4v) is 3.28. The third-order valence-corrected chi connectivity index (χ3v) is 5.41. The van der Waals surface area contributed by atoms with E-state index >= 15 is 0 Å². The Hall–Kier alpha value is -0.350. The van der Waals surface area contributed by atoms with E-state index in [9.17, 15) is 0 Å². The Morgan fingerprint density at radius 3 is 2.28 bits per heavy atom. The summed E-state index contributed by atoms with van der Waals surface area (Å²) in [6.07, 6.45) is 5.57. The van der Waals surface area contributed by atoms with Crippen molar-refractivity contribution in [2.24, 2.45) is 18.2 Å². The molecule has 1 aliphatic carbocycles. The maximum Gasteiger partial charge on any atom is 0.0738 e. The van der Waals surface area contributed by atoms with Crippen molar-refractivity contribution in [1.82, 2.24) is 9.78 Å². The third-order valence-electron chi connectivity index (χ3n) is 4.38. The number of rotatable bonds is 2. The van der Waals surface area contributed by atoms with Crippen LogP contribution in [0.2, 0.25) is 0 Å². The molecule has 0 atom stereocenters. The highest BCUT2D eigenvalue weighted by atomic mass is 79.9. The summed E-state index contributed by atoms with van der Waals surface area (Å²) in [5.74, 6) is 0. The van der Waals surface area contributed by atoms with Crippen molar-refractivity contribution < 1.29 is 0 Å². The second-order valence-corrected chi connectivity index (χ2v) is 7.47. The Balaban J connectivity index is 2.14. The molecule has 102 valence electrons. The van der Waals surface area contributed by atoms with E-state index in [0.717, 1.165) is 29.4 Å². The molecule has 0 bridgehead atoms. The van der Waals surface area contributed by atoms with Crippen molar-refractivity contribution in [3.8, 4) is 0 Å². The number of hydrogen-bond acceptors (Lipinski definition) is 2. The monoisotopic (exact) mass is 313 g/mol. The molecule has 0 spiro atoms. The van der Waals surface area contributed by atoms with Gasteiger partial charge in [-0.15, -0.1) is 0 Å². The van der Waals surface area contributed by atoms with E-state index in [-0.39, 0.29) is 5.54 Å². The van der Waals surface area contributed by atoms with E-state index in [1.807, 2.05) is 18.7 Å². The van der Waals surface area contributed by atoms with E-state index < -0.39 is 0 Å². The van der Waals surface area contributed by atoms with Crippen LogP contribution in [0, 0.1) is 12.3 Å². The molecule has 1 fully saturated rings. The summed E-state index contributed by atoms with van der Waals surface area (Å²) in [6, 6.07) is 0. The van der Waals surface area contributed by atoms with Gasteiger partial charge in [0, 0.05) is 19.0 Å². The summed E-state index contributed by atoms with van der Waals surface area (Å²) < 4.78 is 3.09. The summed E-state index contributed by atoms with van der Waals surface area (Å²) >= 11 is 3.64. The number of halogens is 1. The van der Waals surface area contributed by atoms with Gasteiger partial charge >= 0.3 is 0 Å². The van der Waals surface area contributed by atoms with E-state index in [2.05, 4.69) is 34.9 Å². The lowest BCUT2D eigenvalue weighted by molar-refractivity contribution is 0.163. The highest BCUT2D eigenvalue weighted by Crippen LogP contribution is 2.41. The van der Waals surface area contributed by atoms with Crippen LogP contribution in [0.25, 0.3) is 0 Å². The average Bonchev–Trinajstić information content (AvgIpc) is 2.51. The average molecular weight is 314 g/mol. The van der Waals surface area contributed by atoms with Crippen LogP contribution in [0.5, 0.6) is 0 Å². The van der Waals surface area contributed by atoms with Crippen LogP contribution in [-0.2, 0) is 13.5 Å². The van der Waals surface area contributed by atoms with Crippen molar-refractivity contribution in [3.63, 3.8) is 0 Å². The molecule has 1 saturated carbocycles. The second-order valence-electron chi connectivity index (χ2n) is 6.67. The number of nitrogens with two attached hydrogens (primary N) is 1. The first-order chi connectivity index (χ1) is 8.22. The predicted octanol–water partition coefficient (Wildman–Crippen LogP) is 3.33. The molecule has 1 aromatic heterocycles. The van der Waals surface area contributed by atoms with Crippen LogP contribution in [0.3, 0.4) is 0 Å². The molecule has 1 aromatic rings. The van der Waals surface area contributed by atoms with Crippen LogP contribution in [0.15, 0.2) is 4.47 Å². The quantitative estimate of drug-likeness (QED) is 0.910. The van der Waals surface area contributed by atoms with Gasteiger partial charge in [-0.05, 0) is 54.0 Å². The third kappa shape index (κ3) is 2.80. The van der Waals surface area contributed by atoms with Crippen molar-refractivity contribution in [2.45, 2.75) is 58.4 Å². The van der Waals surface area contributed by atoms with Gasteiger partial charge in [0.2, 0.25) is 0 Å². The fourth-order valence-electron chi connectivity index (χ4n) is 2.81. The summed E-state index contributed by atoms with van der Waals surface area (Å²) in [5, 5.41) is 4.45. The number of aromatic nitrogens is 2. The fraction of sp³-hybridized carbons (Fsp3) is 0.786. The molecule has 1 aliphatic rings. The van der Waals surface area contributed by atoms with E-state index in [0.29, 0.717) is 5.41 Å². The van der Waals surface area contributed by atoms with Gasteiger partial charge in [-0.3, -0.25) is 4.68 Å². The topological polar surface area (TPSA) is 43.8 Å². The van der Waals surface area contributed by atoms with Gasteiger partial charge < -0.3 is 5.73 Å². The molecule has 2 rings (SSSR count). The highest BCUT2D eigenvalue weighted by Gasteiger charge is 2.36. The lowest BCUT2D eigenvalue weighted by Crippen LogP contribution is -2.47. The molecule has 4 heteroatoms. The summed E-state index contributed by atoms with van der Waals surface area (Å²) in [6.45, 7) is 6.72. The molecular weight excluding hydrogens is 290 g/mol. The van der Waals surface area contributed by atoms with Crippen molar-refractivity contribution in [2.75, 3.05) is 0 Å². The molecule has 0 unspecified atom stereocenters. The summed E-state index contributed by atoms with van der Waals surface area (Å²) in [7, 11) is 2.00. The van der Waals surface area contributed by atoms with Crippen molar-refractivity contribution in [3.05, 3.63) is 15.9 Å². The normalized spacial score (nSPS) is 22.1. The van der Waals surface area contributed by atoms with Gasteiger partial charge in [0.1, 0.15) is 0 Å². The molecule has 0 amide bonds. The molecule has 2 N–H and O–H groups in total. The predicted molar refractivity (Wildman–Crippen MR) is 78.5 cm³/mol. The Morgan fingerprint density at radius 2 is 1.83 bits per heavy atom. The van der Waals surface area contributed by atoms with Crippen LogP contribution in [0.1, 0.15) is 50.9 Å². The molecule has 18 heavy (non-hydrogen) atoms. The molecule has 0 aromatic carbocycles. The first-order valence-electron chi connectivity index (χ1n) is 6.69. The minimum absolute atomic E-state index is 0.0573. The minimum Gasteiger partial charge on any atom is -0.325 e. The smallest absolute Gasteiger partial charge is 0.0738 e. The number of nitrogens with zero attached hydrogens (tertiary/aromatic N) is 2. The molecule has 0 saturated heterocycles. The molecule has 0 radical (unpaired) electrons. The van der Waals surface area contributed by atoms with E-state index in [1.165, 1.54) is 18.5 Å². The van der Waals surface area contributed by atoms with Crippen LogP contribution in [-0.4, -0.2) is 15.3 Å². The molecule has 1 heterocycles. The minimum atomic E-state index is -0.0573. The maximum absolute atomic E-state index is 6.60. The van der Waals surface area contributed by atoms with Gasteiger partial charge in [-0.1, -0.05) is 13.8 Å².